The van der Waals surface area contributed by atoms with Crippen molar-refractivity contribution in [1.29, 1.82) is 0 Å². The Kier molecular flexibility index (Phi) is 3.53. The Morgan fingerprint density at radius 1 is 1.29 bits per heavy atom. The van der Waals surface area contributed by atoms with Crippen LogP contribution in [0.5, 0.6) is 0 Å². The molecular weight excluding hydrogens is 222 g/mol. The number of primary sulfonamides is 1. The fraction of sp³-hybridized carbons (Fsp3) is 0.111. The SMILES string of the molecule is NS(=O)(=O)c1ccc(C#CCCl)cc1. The van der Waals surface area contributed by atoms with E-state index in [2.05, 4.69) is 11.8 Å². The number of sulfonamides is 1. The van der Waals surface area contributed by atoms with E-state index in [9.17, 15) is 8.42 Å². The standard InChI is InChI=1S/C9H8ClNO2S/c10-7-1-2-8-3-5-9(6-4-8)14(11,12)13/h3-6H,7H2,(H2,11,12,13). The summed E-state index contributed by atoms with van der Waals surface area (Å²) in [5, 5.41) is 4.92. The normalized spacial score (nSPS) is 10.4. The van der Waals surface area contributed by atoms with E-state index in [1.165, 1.54) is 12.1 Å². The summed E-state index contributed by atoms with van der Waals surface area (Å²) in [6.07, 6.45) is 0. The van der Waals surface area contributed by atoms with E-state index >= 15 is 0 Å². The minimum absolute atomic E-state index is 0.0777. The predicted octanol–water partition coefficient (Wildman–Crippen LogP) is 0.924. The van der Waals surface area contributed by atoms with Gasteiger partial charge in [-0.15, -0.1) is 11.6 Å². The van der Waals surface area contributed by atoms with Crippen LogP contribution < -0.4 is 5.14 Å². The Morgan fingerprint density at radius 2 is 1.86 bits per heavy atom. The number of alkyl halides is 1. The van der Waals surface area contributed by atoms with Gasteiger partial charge in [0.15, 0.2) is 0 Å². The summed E-state index contributed by atoms with van der Waals surface area (Å²) in [7, 11) is -3.61. The molecule has 0 saturated heterocycles. The van der Waals surface area contributed by atoms with Crippen LogP contribution in [0.3, 0.4) is 0 Å². The first-order valence-corrected chi connectivity index (χ1v) is 5.80. The Bertz CT molecular complexity index is 468. The highest BCUT2D eigenvalue weighted by Gasteiger charge is 2.05. The van der Waals surface area contributed by atoms with E-state index in [0.717, 1.165) is 0 Å². The first-order chi connectivity index (χ1) is 6.54. The second-order valence-corrected chi connectivity index (χ2v) is 4.33. The van der Waals surface area contributed by atoms with Crippen molar-refractivity contribution in [3.8, 4) is 11.8 Å². The van der Waals surface area contributed by atoms with Crippen LogP contribution in [0.1, 0.15) is 5.56 Å². The number of hydrogen-bond donors (Lipinski definition) is 1. The average molecular weight is 230 g/mol. The molecule has 1 aromatic rings. The highest BCUT2D eigenvalue weighted by atomic mass is 35.5. The van der Waals surface area contributed by atoms with Crippen LogP contribution in [-0.2, 0) is 10.0 Å². The predicted molar refractivity (Wildman–Crippen MR) is 55.4 cm³/mol. The van der Waals surface area contributed by atoms with Crippen molar-refractivity contribution >= 4 is 21.6 Å². The number of nitrogens with two attached hydrogens (primary N) is 1. The molecule has 0 fully saturated rings. The fourth-order valence-electron chi connectivity index (χ4n) is 0.863. The number of rotatable bonds is 1. The molecule has 0 radical (unpaired) electrons. The lowest BCUT2D eigenvalue weighted by molar-refractivity contribution is 0.598. The molecule has 0 aliphatic rings. The minimum Gasteiger partial charge on any atom is -0.225 e. The van der Waals surface area contributed by atoms with Crippen molar-refractivity contribution in [2.75, 3.05) is 5.88 Å². The smallest absolute Gasteiger partial charge is 0.225 e. The van der Waals surface area contributed by atoms with Crippen molar-refractivity contribution in [3.63, 3.8) is 0 Å². The van der Waals surface area contributed by atoms with Crippen LogP contribution in [-0.4, -0.2) is 14.3 Å². The molecule has 3 nitrogen and oxygen atoms in total. The van der Waals surface area contributed by atoms with Gasteiger partial charge in [-0.1, -0.05) is 11.8 Å². The van der Waals surface area contributed by atoms with Crippen LogP contribution in [0.4, 0.5) is 0 Å². The topological polar surface area (TPSA) is 60.2 Å². The molecule has 0 saturated carbocycles. The molecule has 74 valence electrons. The summed E-state index contributed by atoms with van der Waals surface area (Å²) in [4.78, 5) is 0.0777. The van der Waals surface area contributed by atoms with E-state index in [0.29, 0.717) is 5.56 Å². The highest BCUT2D eigenvalue weighted by molar-refractivity contribution is 7.89. The lowest BCUT2D eigenvalue weighted by atomic mass is 10.2. The summed E-state index contributed by atoms with van der Waals surface area (Å²) in [6.45, 7) is 0. The summed E-state index contributed by atoms with van der Waals surface area (Å²) in [6, 6.07) is 5.99. The van der Waals surface area contributed by atoms with Crippen LogP contribution in [0.2, 0.25) is 0 Å². The van der Waals surface area contributed by atoms with Gasteiger partial charge in [0.25, 0.3) is 0 Å². The van der Waals surface area contributed by atoms with Crippen LogP contribution in [0, 0.1) is 11.8 Å². The van der Waals surface area contributed by atoms with Crippen molar-refractivity contribution in [1.82, 2.24) is 0 Å². The van der Waals surface area contributed by atoms with E-state index in [4.69, 9.17) is 16.7 Å². The van der Waals surface area contributed by atoms with Gasteiger partial charge in [0.05, 0.1) is 10.8 Å². The molecule has 0 bridgehead atoms. The first kappa shape index (κ1) is 11.1. The van der Waals surface area contributed by atoms with Crippen molar-refractivity contribution in [2.45, 2.75) is 4.90 Å². The Balaban J connectivity index is 3.01. The summed E-state index contributed by atoms with van der Waals surface area (Å²) in [5.74, 6) is 5.66. The summed E-state index contributed by atoms with van der Waals surface area (Å²) >= 11 is 5.37. The van der Waals surface area contributed by atoms with Gasteiger partial charge in [0.1, 0.15) is 0 Å². The van der Waals surface area contributed by atoms with Gasteiger partial charge in [0, 0.05) is 5.56 Å². The lowest BCUT2D eigenvalue weighted by Crippen LogP contribution is -2.11. The molecule has 1 rings (SSSR count). The van der Waals surface area contributed by atoms with Gasteiger partial charge in [-0.25, -0.2) is 13.6 Å². The van der Waals surface area contributed by atoms with Gasteiger partial charge in [-0.05, 0) is 24.3 Å². The monoisotopic (exact) mass is 229 g/mol. The van der Waals surface area contributed by atoms with E-state index in [1.807, 2.05) is 0 Å². The molecule has 14 heavy (non-hydrogen) atoms. The van der Waals surface area contributed by atoms with E-state index < -0.39 is 10.0 Å². The maximum Gasteiger partial charge on any atom is 0.238 e. The average Bonchev–Trinajstić information content (AvgIpc) is 2.14. The molecular formula is C9H8ClNO2S. The second kappa shape index (κ2) is 4.47. The molecule has 0 atom stereocenters. The maximum absolute atomic E-state index is 10.9. The number of benzene rings is 1. The molecule has 0 spiro atoms. The number of halogens is 1. The Labute approximate surface area is 87.9 Å². The highest BCUT2D eigenvalue weighted by Crippen LogP contribution is 2.07. The molecule has 0 heterocycles. The minimum atomic E-state index is -3.61. The quantitative estimate of drug-likeness (QED) is 0.575. The zero-order chi connectivity index (χ0) is 10.6. The first-order valence-electron chi connectivity index (χ1n) is 3.72. The van der Waals surface area contributed by atoms with E-state index in [1.54, 1.807) is 12.1 Å². The Hall–Kier alpha value is -1.02. The number of hydrogen-bond acceptors (Lipinski definition) is 2. The van der Waals surface area contributed by atoms with Crippen molar-refractivity contribution < 1.29 is 8.42 Å². The van der Waals surface area contributed by atoms with E-state index in [-0.39, 0.29) is 10.8 Å². The molecule has 0 unspecified atom stereocenters. The zero-order valence-electron chi connectivity index (χ0n) is 7.20. The molecule has 0 aromatic heterocycles. The molecule has 5 heteroatoms. The zero-order valence-corrected chi connectivity index (χ0v) is 8.77. The molecule has 0 aliphatic carbocycles. The Morgan fingerprint density at radius 3 is 2.29 bits per heavy atom. The third-order valence-electron chi connectivity index (χ3n) is 1.48. The second-order valence-electron chi connectivity index (χ2n) is 2.50. The third-order valence-corrected chi connectivity index (χ3v) is 2.55. The molecule has 0 aliphatic heterocycles. The largest absolute Gasteiger partial charge is 0.238 e. The van der Waals surface area contributed by atoms with Crippen LogP contribution >= 0.6 is 11.6 Å². The van der Waals surface area contributed by atoms with Gasteiger partial charge < -0.3 is 0 Å². The molecule has 1 aromatic carbocycles. The van der Waals surface area contributed by atoms with Crippen LogP contribution in [0.15, 0.2) is 29.2 Å². The third kappa shape index (κ3) is 3.04. The van der Waals surface area contributed by atoms with Crippen molar-refractivity contribution in [2.24, 2.45) is 5.14 Å². The van der Waals surface area contributed by atoms with Gasteiger partial charge in [-0.2, -0.15) is 0 Å². The summed E-state index contributed by atoms with van der Waals surface area (Å²) in [5.41, 5.74) is 0.707. The summed E-state index contributed by atoms with van der Waals surface area (Å²) < 4.78 is 21.8. The van der Waals surface area contributed by atoms with Crippen LogP contribution in [0.25, 0.3) is 0 Å². The van der Waals surface area contributed by atoms with Crippen molar-refractivity contribution in [3.05, 3.63) is 29.8 Å². The van der Waals surface area contributed by atoms with Gasteiger partial charge >= 0.3 is 0 Å². The maximum atomic E-state index is 10.9. The van der Waals surface area contributed by atoms with Gasteiger partial charge in [-0.3, -0.25) is 0 Å². The van der Waals surface area contributed by atoms with Gasteiger partial charge in [0.2, 0.25) is 10.0 Å². The lowest BCUT2D eigenvalue weighted by Gasteiger charge is -1.96. The molecule has 2 N–H and O–H groups in total. The fourth-order valence-corrected chi connectivity index (χ4v) is 1.45. The molecule has 0 amide bonds.